The molecule has 1 aromatic carbocycles. The molecule has 2 atom stereocenters. The third-order valence-corrected chi connectivity index (χ3v) is 7.21. The molecule has 1 aliphatic carbocycles. The normalized spacial score (nSPS) is 23.6. The van der Waals surface area contributed by atoms with E-state index in [0.717, 1.165) is 60.3 Å². The van der Waals surface area contributed by atoms with Crippen LogP contribution in [0.4, 0.5) is 17.3 Å². The molecule has 0 radical (unpaired) electrons. The van der Waals surface area contributed by atoms with E-state index < -0.39 is 0 Å². The van der Waals surface area contributed by atoms with Crippen LogP contribution < -0.4 is 15.1 Å². The number of nitrogens with one attached hydrogen (secondary N) is 1. The van der Waals surface area contributed by atoms with E-state index in [9.17, 15) is 4.79 Å². The van der Waals surface area contributed by atoms with Gasteiger partial charge in [-0.1, -0.05) is 11.6 Å². The van der Waals surface area contributed by atoms with Gasteiger partial charge in [-0.3, -0.25) is 4.79 Å². The first kappa shape index (κ1) is 19.6. The average molecular weight is 426 g/mol. The second-order valence-corrected chi connectivity index (χ2v) is 9.31. The maximum absolute atomic E-state index is 11.8. The van der Waals surface area contributed by atoms with E-state index in [-0.39, 0.29) is 5.91 Å². The Balaban J connectivity index is 1.05. The summed E-state index contributed by atoms with van der Waals surface area (Å²) in [5.41, 5.74) is 3.31. The Morgan fingerprint density at radius 3 is 2.73 bits per heavy atom. The van der Waals surface area contributed by atoms with Crippen LogP contribution in [0.1, 0.15) is 31.2 Å². The van der Waals surface area contributed by atoms with Crippen LogP contribution in [-0.4, -0.2) is 42.6 Å². The highest BCUT2D eigenvalue weighted by Gasteiger charge is 2.43. The van der Waals surface area contributed by atoms with Crippen LogP contribution in [0.2, 0.25) is 5.02 Å². The highest BCUT2D eigenvalue weighted by atomic mass is 35.5. The molecule has 6 nitrogen and oxygen atoms in total. The number of aromatic nitrogens is 2. The Hall–Kier alpha value is -2.34. The van der Waals surface area contributed by atoms with Crippen molar-refractivity contribution in [2.45, 2.75) is 32.1 Å². The van der Waals surface area contributed by atoms with Crippen molar-refractivity contribution in [1.82, 2.24) is 9.97 Å². The van der Waals surface area contributed by atoms with E-state index in [0.29, 0.717) is 11.4 Å². The Bertz CT molecular complexity index is 926. The second kappa shape index (κ2) is 8.06. The minimum Gasteiger partial charge on any atom is -0.385 e. The van der Waals surface area contributed by atoms with Crippen molar-refractivity contribution in [1.29, 1.82) is 0 Å². The van der Waals surface area contributed by atoms with Crippen LogP contribution in [0.3, 0.4) is 0 Å². The first-order valence-electron chi connectivity index (χ1n) is 10.9. The van der Waals surface area contributed by atoms with Crippen LogP contribution in [0.25, 0.3) is 0 Å². The highest BCUT2D eigenvalue weighted by molar-refractivity contribution is 6.30. The second-order valence-electron chi connectivity index (χ2n) is 8.87. The lowest BCUT2D eigenvalue weighted by Gasteiger charge is -2.32. The summed E-state index contributed by atoms with van der Waals surface area (Å²) in [5.74, 6) is 3.54. The number of nitrogens with zero attached hydrogens (tertiary/aromatic N) is 4. The molecule has 2 fully saturated rings. The number of carbonyl (C=O) groups is 1. The molecule has 2 aliphatic heterocycles. The summed E-state index contributed by atoms with van der Waals surface area (Å²) >= 11 is 5.89. The number of carbonyl (C=O) groups excluding carboxylic acids is 1. The number of hydrogen-bond donors (Lipinski definition) is 1. The van der Waals surface area contributed by atoms with Gasteiger partial charge in [0, 0.05) is 38.1 Å². The number of likely N-dealkylation sites (N-methyl/N-ethyl adjacent to an activating group) is 1. The zero-order chi connectivity index (χ0) is 20.7. The average Bonchev–Trinajstić information content (AvgIpc) is 3.47. The van der Waals surface area contributed by atoms with Crippen molar-refractivity contribution >= 4 is 34.8 Å². The predicted octanol–water partition coefficient (Wildman–Crippen LogP) is 4.00. The Labute approximate surface area is 182 Å². The van der Waals surface area contributed by atoms with Gasteiger partial charge in [0.25, 0.3) is 0 Å². The van der Waals surface area contributed by atoms with E-state index in [1.165, 1.54) is 25.7 Å². The van der Waals surface area contributed by atoms with Gasteiger partial charge >= 0.3 is 0 Å². The molecule has 2 aromatic rings. The van der Waals surface area contributed by atoms with Gasteiger partial charge in [-0.05, 0) is 67.2 Å². The highest BCUT2D eigenvalue weighted by Crippen LogP contribution is 2.49. The molecule has 1 amide bonds. The van der Waals surface area contributed by atoms with Crippen LogP contribution >= 0.6 is 11.6 Å². The fourth-order valence-corrected chi connectivity index (χ4v) is 5.26. The van der Waals surface area contributed by atoms with Crippen LogP contribution in [-0.2, 0) is 11.2 Å². The van der Waals surface area contributed by atoms with Crippen LogP contribution in [0.15, 0.2) is 30.6 Å². The molecule has 7 heteroatoms. The van der Waals surface area contributed by atoms with E-state index in [4.69, 9.17) is 11.6 Å². The van der Waals surface area contributed by atoms with Crippen molar-refractivity contribution in [3.05, 3.63) is 41.2 Å². The number of amides is 1. The van der Waals surface area contributed by atoms with Crippen LogP contribution in [0, 0.1) is 17.8 Å². The Morgan fingerprint density at radius 1 is 1.20 bits per heavy atom. The largest absolute Gasteiger partial charge is 0.385 e. The van der Waals surface area contributed by atoms with E-state index >= 15 is 0 Å². The van der Waals surface area contributed by atoms with Gasteiger partial charge < -0.3 is 15.1 Å². The molecule has 3 aliphatic rings. The fraction of sp³-hybridized carbons (Fsp3) is 0.522. The molecule has 0 bridgehead atoms. The number of hydrogen-bond acceptors (Lipinski definition) is 5. The van der Waals surface area contributed by atoms with Crippen molar-refractivity contribution in [3.63, 3.8) is 0 Å². The molecule has 5 rings (SSSR count). The van der Waals surface area contributed by atoms with E-state index in [1.54, 1.807) is 17.3 Å². The Morgan fingerprint density at radius 2 is 1.97 bits per heavy atom. The summed E-state index contributed by atoms with van der Waals surface area (Å²) in [5, 5.41) is 4.15. The molecule has 158 valence electrons. The first-order chi connectivity index (χ1) is 14.6. The van der Waals surface area contributed by atoms with Gasteiger partial charge in [-0.25, -0.2) is 9.97 Å². The van der Waals surface area contributed by atoms with Gasteiger partial charge in [-0.2, -0.15) is 0 Å². The zero-order valence-corrected chi connectivity index (χ0v) is 18.1. The lowest BCUT2D eigenvalue weighted by molar-refractivity contribution is -0.117. The number of rotatable bonds is 6. The minimum absolute atomic E-state index is 0.177. The lowest BCUT2D eigenvalue weighted by atomic mass is 9.90. The third kappa shape index (κ3) is 3.97. The summed E-state index contributed by atoms with van der Waals surface area (Å²) in [6.07, 6.45) is 8.92. The van der Waals surface area contributed by atoms with Crippen molar-refractivity contribution in [2.24, 2.45) is 17.8 Å². The van der Waals surface area contributed by atoms with Gasteiger partial charge in [0.15, 0.2) is 0 Å². The number of benzene rings is 1. The molecular formula is C23H28ClN5O. The van der Waals surface area contributed by atoms with Crippen LogP contribution in [0.5, 0.6) is 0 Å². The molecule has 1 aromatic heterocycles. The molecule has 30 heavy (non-hydrogen) atoms. The monoisotopic (exact) mass is 425 g/mol. The van der Waals surface area contributed by atoms with Crippen molar-refractivity contribution in [3.8, 4) is 0 Å². The molecule has 1 unspecified atom stereocenters. The van der Waals surface area contributed by atoms with Gasteiger partial charge in [0.05, 0.1) is 23.8 Å². The van der Waals surface area contributed by atoms with E-state index in [1.807, 2.05) is 7.05 Å². The maximum atomic E-state index is 11.8. The predicted molar refractivity (Wildman–Crippen MR) is 120 cm³/mol. The molecule has 3 heterocycles. The number of anilines is 3. The number of halogens is 1. The molecule has 1 saturated heterocycles. The summed E-state index contributed by atoms with van der Waals surface area (Å²) in [7, 11) is 1.85. The third-order valence-electron chi connectivity index (χ3n) is 7.01. The minimum atomic E-state index is 0.177. The number of fused-ring (bicyclic) bond motifs is 1. The summed E-state index contributed by atoms with van der Waals surface area (Å²) in [6, 6.07) is 6.28. The van der Waals surface area contributed by atoms with Crippen molar-refractivity contribution in [2.75, 3.05) is 41.8 Å². The SMILES string of the molecule is CN1C(=O)Cc2cc(NCC[C@@H]3CC3C3CCN(c4ncc(Cl)cn4)CC3)ccc21. The molecular weight excluding hydrogens is 398 g/mol. The summed E-state index contributed by atoms with van der Waals surface area (Å²) in [4.78, 5) is 24.6. The maximum Gasteiger partial charge on any atom is 0.231 e. The van der Waals surface area contributed by atoms with Gasteiger partial charge in [-0.15, -0.1) is 0 Å². The van der Waals surface area contributed by atoms with E-state index in [2.05, 4.69) is 38.4 Å². The molecule has 1 saturated carbocycles. The lowest BCUT2D eigenvalue weighted by Crippen LogP contribution is -2.35. The first-order valence-corrected chi connectivity index (χ1v) is 11.3. The summed E-state index contributed by atoms with van der Waals surface area (Å²) < 4.78 is 0. The van der Waals surface area contributed by atoms with Crippen molar-refractivity contribution < 1.29 is 4.79 Å². The quantitative estimate of drug-likeness (QED) is 0.757. The topological polar surface area (TPSA) is 61.4 Å². The van der Waals surface area contributed by atoms with Gasteiger partial charge in [0.1, 0.15) is 0 Å². The Kier molecular flexibility index (Phi) is 5.27. The smallest absolute Gasteiger partial charge is 0.231 e. The van der Waals surface area contributed by atoms with Gasteiger partial charge in [0.2, 0.25) is 11.9 Å². The molecule has 1 N–H and O–H groups in total. The zero-order valence-electron chi connectivity index (χ0n) is 17.4. The molecule has 0 spiro atoms. The number of piperidine rings is 1. The summed E-state index contributed by atoms with van der Waals surface area (Å²) in [6.45, 7) is 3.08. The fourth-order valence-electron chi connectivity index (χ4n) is 5.16. The standard InChI is InChI=1S/C23H28ClN5O/c1-28-21-3-2-19(10-17(21)12-22(28)30)25-7-4-16-11-20(16)15-5-8-29(9-6-15)23-26-13-18(24)14-27-23/h2-3,10,13-16,20,25H,4-9,11-12H2,1H3/t16-,20?/m1/s1.